The summed E-state index contributed by atoms with van der Waals surface area (Å²) in [6, 6.07) is 0.602. The van der Waals surface area contributed by atoms with E-state index in [9.17, 15) is 4.79 Å². The van der Waals surface area contributed by atoms with Gasteiger partial charge < -0.3 is 15.5 Å². The van der Waals surface area contributed by atoms with Crippen molar-refractivity contribution in [3.63, 3.8) is 0 Å². The molecule has 2 unspecified atom stereocenters. The van der Waals surface area contributed by atoms with Crippen LogP contribution in [0, 0.1) is 5.92 Å². The van der Waals surface area contributed by atoms with Crippen molar-refractivity contribution in [2.75, 3.05) is 26.2 Å². The molecule has 98 valence electrons. The first kappa shape index (κ1) is 12.7. The lowest BCUT2D eigenvalue weighted by Gasteiger charge is -2.32. The molecule has 0 saturated carbocycles. The minimum atomic E-state index is 0.129. The van der Waals surface area contributed by atoms with Crippen molar-refractivity contribution in [2.24, 2.45) is 5.92 Å². The van der Waals surface area contributed by atoms with E-state index in [1.54, 1.807) is 0 Å². The molecule has 2 saturated heterocycles. The van der Waals surface area contributed by atoms with Gasteiger partial charge in [-0.3, -0.25) is 0 Å². The Kier molecular flexibility index (Phi) is 4.66. The van der Waals surface area contributed by atoms with Crippen LogP contribution in [0.2, 0.25) is 0 Å². The van der Waals surface area contributed by atoms with Crippen LogP contribution in [0.5, 0.6) is 0 Å². The summed E-state index contributed by atoms with van der Waals surface area (Å²) in [6.07, 6.45) is 6.10. The molecule has 2 fully saturated rings. The molecule has 2 N–H and O–H groups in total. The van der Waals surface area contributed by atoms with Crippen LogP contribution in [-0.4, -0.2) is 43.2 Å². The Labute approximate surface area is 104 Å². The highest BCUT2D eigenvalue weighted by molar-refractivity contribution is 5.74. The lowest BCUT2D eigenvalue weighted by molar-refractivity contribution is 0.201. The molecular weight excluding hydrogens is 214 g/mol. The number of likely N-dealkylation sites (tertiary alicyclic amines) is 1. The lowest BCUT2D eigenvalue weighted by atomic mass is 9.89. The topological polar surface area (TPSA) is 44.4 Å². The van der Waals surface area contributed by atoms with E-state index in [0.29, 0.717) is 6.04 Å². The second kappa shape index (κ2) is 6.24. The maximum Gasteiger partial charge on any atom is 0.317 e. The van der Waals surface area contributed by atoms with Crippen LogP contribution in [0.25, 0.3) is 0 Å². The number of piperidine rings is 1. The maximum absolute atomic E-state index is 11.9. The lowest BCUT2D eigenvalue weighted by Crippen LogP contribution is -2.50. The highest BCUT2D eigenvalue weighted by Crippen LogP contribution is 2.19. The predicted molar refractivity (Wildman–Crippen MR) is 69.0 cm³/mol. The van der Waals surface area contributed by atoms with Crippen LogP contribution < -0.4 is 10.6 Å². The fourth-order valence-corrected chi connectivity index (χ4v) is 2.98. The van der Waals surface area contributed by atoms with Gasteiger partial charge in [0.2, 0.25) is 0 Å². The van der Waals surface area contributed by atoms with E-state index >= 15 is 0 Å². The molecule has 2 heterocycles. The molecule has 0 aromatic heterocycles. The zero-order valence-corrected chi connectivity index (χ0v) is 10.9. The number of carbonyl (C=O) groups excluding carboxylic acids is 1. The van der Waals surface area contributed by atoms with E-state index < -0.39 is 0 Å². The van der Waals surface area contributed by atoms with Gasteiger partial charge in [0.05, 0.1) is 0 Å². The van der Waals surface area contributed by atoms with Crippen molar-refractivity contribution in [1.29, 1.82) is 0 Å². The van der Waals surface area contributed by atoms with Gasteiger partial charge in [-0.2, -0.15) is 0 Å². The smallest absolute Gasteiger partial charge is 0.317 e. The summed E-state index contributed by atoms with van der Waals surface area (Å²) >= 11 is 0. The van der Waals surface area contributed by atoms with E-state index in [1.165, 1.54) is 19.3 Å². The quantitative estimate of drug-likeness (QED) is 0.785. The van der Waals surface area contributed by atoms with Gasteiger partial charge in [-0.05, 0) is 38.1 Å². The summed E-state index contributed by atoms with van der Waals surface area (Å²) in [4.78, 5) is 13.8. The molecule has 4 heteroatoms. The third-order valence-electron chi connectivity index (χ3n) is 4.12. The minimum absolute atomic E-state index is 0.129. The molecule has 0 spiro atoms. The van der Waals surface area contributed by atoms with Gasteiger partial charge in [0.25, 0.3) is 0 Å². The SMILES string of the molecule is CCC1CCCNC1CNC(=O)N1CCCC1. The second-order valence-electron chi connectivity index (χ2n) is 5.25. The molecular formula is C13H25N3O. The molecule has 0 radical (unpaired) electrons. The van der Waals surface area contributed by atoms with E-state index in [1.807, 2.05) is 4.90 Å². The van der Waals surface area contributed by atoms with Gasteiger partial charge >= 0.3 is 6.03 Å². The van der Waals surface area contributed by atoms with Gasteiger partial charge in [0.15, 0.2) is 0 Å². The molecule has 2 rings (SSSR count). The van der Waals surface area contributed by atoms with Gasteiger partial charge in [-0.1, -0.05) is 13.3 Å². The van der Waals surface area contributed by atoms with Gasteiger partial charge in [0.1, 0.15) is 0 Å². The van der Waals surface area contributed by atoms with Crippen LogP contribution in [0.15, 0.2) is 0 Å². The normalized spacial score (nSPS) is 29.4. The molecule has 2 aliphatic heterocycles. The summed E-state index contributed by atoms with van der Waals surface area (Å²) in [5.74, 6) is 0.725. The molecule has 2 aliphatic rings. The summed E-state index contributed by atoms with van der Waals surface area (Å²) in [5.41, 5.74) is 0. The predicted octanol–water partition coefficient (Wildman–Crippen LogP) is 1.57. The van der Waals surface area contributed by atoms with Crippen molar-refractivity contribution in [2.45, 2.75) is 45.1 Å². The molecule has 0 aliphatic carbocycles. The number of nitrogens with one attached hydrogen (secondary N) is 2. The monoisotopic (exact) mass is 239 g/mol. The first-order valence-corrected chi connectivity index (χ1v) is 7.07. The summed E-state index contributed by atoms with van der Waals surface area (Å²) < 4.78 is 0. The maximum atomic E-state index is 11.9. The van der Waals surface area contributed by atoms with Crippen LogP contribution in [0.1, 0.15) is 39.0 Å². The average molecular weight is 239 g/mol. The molecule has 4 nitrogen and oxygen atoms in total. The number of rotatable bonds is 3. The fraction of sp³-hybridized carbons (Fsp3) is 0.923. The first-order valence-electron chi connectivity index (χ1n) is 7.07. The first-order chi connectivity index (χ1) is 8.31. The van der Waals surface area contributed by atoms with E-state index in [0.717, 1.165) is 44.9 Å². The van der Waals surface area contributed by atoms with Crippen molar-refractivity contribution in [1.82, 2.24) is 15.5 Å². The minimum Gasteiger partial charge on any atom is -0.336 e. The van der Waals surface area contributed by atoms with Crippen molar-refractivity contribution in [3.05, 3.63) is 0 Å². The van der Waals surface area contributed by atoms with E-state index in [4.69, 9.17) is 0 Å². The number of hydrogen-bond donors (Lipinski definition) is 2. The molecule has 0 aromatic carbocycles. The van der Waals surface area contributed by atoms with Crippen molar-refractivity contribution >= 4 is 6.03 Å². The zero-order valence-electron chi connectivity index (χ0n) is 10.9. The molecule has 0 bridgehead atoms. The van der Waals surface area contributed by atoms with Crippen LogP contribution in [-0.2, 0) is 0 Å². The Hall–Kier alpha value is -0.770. The third-order valence-corrected chi connectivity index (χ3v) is 4.12. The van der Waals surface area contributed by atoms with E-state index in [-0.39, 0.29) is 6.03 Å². The van der Waals surface area contributed by atoms with Crippen LogP contribution in [0.4, 0.5) is 4.79 Å². The molecule has 17 heavy (non-hydrogen) atoms. The average Bonchev–Trinajstić information content (AvgIpc) is 2.90. The number of urea groups is 1. The highest BCUT2D eigenvalue weighted by atomic mass is 16.2. The number of amides is 2. The summed E-state index contributed by atoms with van der Waals surface area (Å²) in [7, 11) is 0. The molecule has 0 aromatic rings. The zero-order chi connectivity index (χ0) is 12.1. The Bertz CT molecular complexity index is 251. The molecule has 2 atom stereocenters. The third kappa shape index (κ3) is 3.35. The largest absolute Gasteiger partial charge is 0.336 e. The van der Waals surface area contributed by atoms with Crippen LogP contribution in [0.3, 0.4) is 0 Å². The van der Waals surface area contributed by atoms with Gasteiger partial charge in [-0.25, -0.2) is 4.79 Å². The standard InChI is InChI=1S/C13H25N3O/c1-2-11-6-5-7-14-12(11)10-15-13(17)16-8-3-4-9-16/h11-12,14H,2-10H2,1H3,(H,15,17). The summed E-state index contributed by atoms with van der Waals surface area (Å²) in [5, 5.41) is 6.62. The number of carbonyl (C=O) groups is 1. The van der Waals surface area contributed by atoms with Gasteiger partial charge in [-0.15, -0.1) is 0 Å². The van der Waals surface area contributed by atoms with Crippen molar-refractivity contribution in [3.8, 4) is 0 Å². The highest BCUT2D eigenvalue weighted by Gasteiger charge is 2.24. The fourth-order valence-electron chi connectivity index (χ4n) is 2.98. The van der Waals surface area contributed by atoms with Crippen molar-refractivity contribution < 1.29 is 4.79 Å². The Morgan fingerprint density at radius 2 is 2.12 bits per heavy atom. The van der Waals surface area contributed by atoms with E-state index in [2.05, 4.69) is 17.6 Å². The number of nitrogens with zero attached hydrogens (tertiary/aromatic N) is 1. The Morgan fingerprint density at radius 3 is 2.82 bits per heavy atom. The molecule has 2 amide bonds. The van der Waals surface area contributed by atoms with Gasteiger partial charge in [0, 0.05) is 25.7 Å². The number of hydrogen-bond acceptors (Lipinski definition) is 2. The second-order valence-corrected chi connectivity index (χ2v) is 5.25. The summed E-state index contributed by atoms with van der Waals surface area (Å²) in [6.45, 7) is 5.99. The van der Waals surface area contributed by atoms with Crippen LogP contribution >= 0.6 is 0 Å². The Balaban J connectivity index is 1.74. The Morgan fingerprint density at radius 1 is 1.35 bits per heavy atom.